The summed E-state index contributed by atoms with van der Waals surface area (Å²) in [7, 11) is 0. The second-order valence-corrected chi connectivity index (χ2v) is 9.12. The van der Waals surface area contributed by atoms with Crippen molar-refractivity contribution in [2.75, 3.05) is 32.8 Å². The maximum absolute atomic E-state index is 12.5. The van der Waals surface area contributed by atoms with Crippen LogP contribution in [-0.4, -0.2) is 76.7 Å². The van der Waals surface area contributed by atoms with Crippen LogP contribution in [-0.2, 0) is 14.4 Å². The third kappa shape index (κ3) is 8.26. The number of amides is 1. The highest BCUT2D eigenvalue weighted by molar-refractivity contribution is 6.30. The van der Waals surface area contributed by atoms with E-state index in [0.29, 0.717) is 22.7 Å². The predicted molar refractivity (Wildman–Crippen MR) is 132 cm³/mol. The molecule has 0 atom stereocenters. The third-order valence-corrected chi connectivity index (χ3v) is 6.76. The lowest BCUT2D eigenvalue weighted by molar-refractivity contribution is -0.159. The number of carbonyl (C=O) groups is 3. The minimum Gasteiger partial charge on any atom is -0.484 e. The van der Waals surface area contributed by atoms with E-state index in [-0.39, 0.29) is 12.5 Å². The van der Waals surface area contributed by atoms with Crippen LogP contribution in [0.15, 0.2) is 54.6 Å². The number of rotatable bonds is 5. The van der Waals surface area contributed by atoms with Crippen molar-refractivity contribution in [1.82, 2.24) is 9.80 Å². The van der Waals surface area contributed by atoms with Gasteiger partial charge in [0.05, 0.1) is 0 Å². The van der Waals surface area contributed by atoms with Gasteiger partial charge in [0.1, 0.15) is 5.75 Å². The highest BCUT2D eigenvalue weighted by Crippen LogP contribution is 2.34. The maximum Gasteiger partial charge on any atom is 0.414 e. The molecule has 1 aliphatic carbocycles. The maximum atomic E-state index is 12.5. The molecule has 35 heavy (non-hydrogen) atoms. The molecule has 2 N–H and O–H groups in total. The van der Waals surface area contributed by atoms with Crippen LogP contribution in [0.2, 0.25) is 5.02 Å². The fourth-order valence-electron chi connectivity index (χ4n) is 4.60. The molecule has 2 aromatic carbocycles. The molecular weight excluding hydrogens is 472 g/mol. The Morgan fingerprint density at radius 1 is 0.829 bits per heavy atom. The quantitative estimate of drug-likeness (QED) is 0.599. The monoisotopic (exact) mass is 502 g/mol. The molecule has 4 rings (SSSR count). The zero-order valence-corrected chi connectivity index (χ0v) is 20.3. The summed E-state index contributed by atoms with van der Waals surface area (Å²) in [5.74, 6) is -2.20. The molecule has 2 fully saturated rings. The predicted octanol–water partition coefficient (Wildman–Crippen LogP) is 3.75. The Kier molecular flexibility index (Phi) is 9.93. The second kappa shape index (κ2) is 13.1. The number of benzene rings is 2. The first-order valence-corrected chi connectivity index (χ1v) is 12.1. The van der Waals surface area contributed by atoms with Gasteiger partial charge in [0.2, 0.25) is 0 Å². The largest absolute Gasteiger partial charge is 0.484 e. The van der Waals surface area contributed by atoms with E-state index in [9.17, 15) is 4.79 Å². The van der Waals surface area contributed by atoms with E-state index in [1.54, 1.807) is 24.3 Å². The third-order valence-electron chi connectivity index (χ3n) is 6.51. The molecule has 0 bridgehead atoms. The van der Waals surface area contributed by atoms with E-state index in [1.165, 1.54) is 31.2 Å². The number of hydrogen-bond acceptors (Lipinski definition) is 5. The average Bonchev–Trinajstić information content (AvgIpc) is 2.89. The van der Waals surface area contributed by atoms with Crippen molar-refractivity contribution in [3.8, 4) is 5.75 Å². The number of carbonyl (C=O) groups excluding carboxylic acids is 1. The molecule has 188 valence electrons. The van der Waals surface area contributed by atoms with Crippen LogP contribution in [0.5, 0.6) is 5.75 Å². The van der Waals surface area contributed by atoms with Crippen molar-refractivity contribution >= 4 is 29.4 Å². The summed E-state index contributed by atoms with van der Waals surface area (Å²) in [6.07, 6.45) is 5.05. The molecule has 1 amide bonds. The lowest BCUT2D eigenvalue weighted by Crippen LogP contribution is -2.53. The molecule has 8 nitrogen and oxygen atoms in total. The Morgan fingerprint density at radius 3 is 1.94 bits per heavy atom. The van der Waals surface area contributed by atoms with E-state index in [0.717, 1.165) is 26.2 Å². The Labute approximate surface area is 210 Å². The highest BCUT2D eigenvalue weighted by Gasteiger charge is 2.30. The molecule has 1 heterocycles. The van der Waals surface area contributed by atoms with Gasteiger partial charge >= 0.3 is 11.9 Å². The van der Waals surface area contributed by atoms with Crippen LogP contribution in [0.3, 0.4) is 0 Å². The minimum absolute atomic E-state index is 0.0624. The first-order chi connectivity index (χ1) is 16.8. The van der Waals surface area contributed by atoms with E-state index in [1.807, 2.05) is 4.90 Å². The van der Waals surface area contributed by atoms with E-state index in [4.69, 9.17) is 36.1 Å². The van der Waals surface area contributed by atoms with Crippen molar-refractivity contribution in [3.05, 3.63) is 65.2 Å². The van der Waals surface area contributed by atoms with Crippen molar-refractivity contribution < 1.29 is 29.3 Å². The van der Waals surface area contributed by atoms with Gasteiger partial charge in [0.15, 0.2) is 6.61 Å². The zero-order chi connectivity index (χ0) is 25.2. The summed E-state index contributed by atoms with van der Waals surface area (Å²) < 4.78 is 5.61. The van der Waals surface area contributed by atoms with Crippen molar-refractivity contribution in [2.45, 2.75) is 37.6 Å². The van der Waals surface area contributed by atoms with Crippen LogP contribution >= 0.6 is 11.6 Å². The summed E-state index contributed by atoms with van der Waals surface area (Å²) in [6.45, 7) is 3.60. The summed E-state index contributed by atoms with van der Waals surface area (Å²) in [5, 5.41) is 15.4. The van der Waals surface area contributed by atoms with Gasteiger partial charge in [-0.15, -0.1) is 0 Å². The highest BCUT2D eigenvalue weighted by atomic mass is 35.5. The van der Waals surface area contributed by atoms with Gasteiger partial charge in [0, 0.05) is 37.2 Å². The molecule has 1 saturated carbocycles. The Morgan fingerprint density at radius 2 is 1.40 bits per heavy atom. The van der Waals surface area contributed by atoms with Crippen LogP contribution < -0.4 is 4.74 Å². The lowest BCUT2D eigenvalue weighted by Gasteiger charge is -2.42. The van der Waals surface area contributed by atoms with E-state index < -0.39 is 11.9 Å². The smallest absolute Gasteiger partial charge is 0.414 e. The number of halogens is 1. The van der Waals surface area contributed by atoms with Crippen LogP contribution in [0.25, 0.3) is 0 Å². The molecule has 1 aliphatic heterocycles. The van der Waals surface area contributed by atoms with Gasteiger partial charge in [-0.1, -0.05) is 41.9 Å². The first kappa shape index (κ1) is 26.5. The van der Waals surface area contributed by atoms with Gasteiger partial charge < -0.3 is 19.8 Å². The van der Waals surface area contributed by atoms with Crippen molar-refractivity contribution in [1.29, 1.82) is 0 Å². The minimum atomic E-state index is -1.82. The summed E-state index contributed by atoms with van der Waals surface area (Å²) in [6, 6.07) is 18.7. The number of nitrogens with zero attached hydrogens (tertiary/aromatic N) is 2. The number of carboxylic acids is 2. The lowest BCUT2D eigenvalue weighted by atomic mass is 9.81. The molecule has 0 radical (unpaired) electrons. The number of piperazine rings is 1. The Balaban J connectivity index is 0.000000509. The van der Waals surface area contributed by atoms with E-state index in [2.05, 4.69) is 35.2 Å². The van der Waals surface area contributed by atoms with Gasteiger partial charge in [-0.3, -0.25) is 9.69 Å². The first-order valence-electron chi connectivity index (χ1n) is 11.7. The van der Waals surface area contributed by atoms with Crippen LogP contribution in [0.1, 0.15) is 37.2 Å². The topological polar surface area (TPSA) is 107 Å². The molecular formula is C26H31ClN2O6. The molecule has 9 heteroatoms. The number of ether oxygens (including phenoxy) is 1. The normalized spacial score (nSPS) is 20.3. The molecule has 1 saturated heterocycles. The second-order valence-electron chi connectivity index (χ2n) is 8.69. The van der Waals surface area contributed by atoms with Gasteiger partial charge in [-0.2, -0.15) is 0 Å². The van der Waals surface area contributed by atoms with Crippen LogP contribution in [0.4, 0.5) is 0 Å². The van der Waals surface area contributed by atoms with Gasteiger partial charge in [-0.05, 0) is 61.4 Å². The SMILES string of the molecule is O=C(COc1ccc(Cl)cc1)N1CCN(C2CCC(c3ccccc3)CC2)CC1.O=C(O)C(=O)O. The Bertz CT molecular complexity index is 957. The number of carboxylic acid groups (broad SMARTS) is 2. The molecule has 0 unspecified atom stereocenters. The summed E-state index contributed by atoms with van der Waals surface area (Å²) >= 11 is 5.88. The molecule has 2 aromatic rings. The molecule has 0 aromatic heterocycles. The van der Waals surface area contributed by atoms with Gasteiger partial charge in [0.25, 0.3) is 5.91 Å². The zero-order valence-electron chi connectivity index (χ0n) is 19.5. The van der Waals surface area contributed by atoms with Crippen LogP contribution in [0, 0.1) is 0 Å². The number of aliphatic carboxylic acids is 2. The summed E-state index contributed by atoms with van der Waals surface area (Å²) in [5.41, 5.74) is 1.49. The van der Waals surface area contributed by atoms with Crippen molar-refractivity contribution in [2.24, 2.45) is 0 Å². The van der Waals surface area contributed by atoms with E-state index >= 15 is 0 Å². The Hall–Kier alpha value is -3.10. The van der Waals surface area contributed by atoms with Crippen molar-refractivity contribution in [3.63, 3.8) is 0 Å². The molecule has 2 aliphatic rings. The number of hydrogen-bond donors (Lipinski definition) is 2. The molecule has 0 spiro atoms. The summed E-state index contributed by atoms with van der Waals surface area (Å²) in [4.78, 5) is 35.2. The standard InChI is InChI=1S/C24H29ClN2O2.C2H2O4/c25-21-8-12-23(13-9-21)29-18-24(28)27-16-14-26(15-17-27)22-10-6-20(7-11-22)19-4-2-1-3-5-19;3-1(4)2(5)6/h1-5,8-9,12-13,20,22H,6-7,10-11,14-18H2;(H,3,4)(H,5,6). The van der Waals surface area contributed by atoms with Gasteiger partial charge in [-0.25, -0.2) is 9.59 Å². The fourth-order valence-corrected chi connectivity index (χ4v) is 4.73. The average molecular weight is 503 g/mol. The fraction of sp³-hybridized carbons (Fsp3) is 0.423.